The topological polar surface area (TPSA) is 103 Å². The first kappa shape index (κ1) is 23.1. The van der Waals surface area contributed by atoms with E-state index in [-0.39, 0.29) is 5.91 Å². The zero-order chi connectivity index (χ0) is 23.7. The highest BCUT2D eigenvalue weighted by atomic mass is 16.6. The Labute approximate surface area is 187 Å². The lowest BCUT2D eigenvalue weighted by Crippen LogP contribution is -2.53. The molecule has 8 nitrogen and oxygen atoms in total. The van der Waals surface area contributed by atoms with Crippen molar-refractivity contribution in [3.8, 4) is 11.5 Å². The van der Waals surface area contributed by atoms with Crippen LogP contribution in [0.5, 0.6) is 11.5 Å². The molecule has 0 atom stereocenters. The molecule has 0 saturated heterocycles. The molecule has 0 saturated carbocycles. The van der Waals surface area contributed by atoms with Gasteiger partial charge < -0.3 is 24.6 Å². The van der Waals surface area contributed by atoms with Crippen molar-refractivity contribution in [1.82, 2.24) is 10.5 Å². The van der Waals surface area contributed by atoms with Crippen LogP contribution >= 0.6 is 0 Å². The summed E-state index contributed by atoms with van der Waals surface area (Å²) in [7, 11) is 0. The normalized spacial score (nSPS) is 11.8. The molecule has 0 fully saturated rings. The van der Waals surface area contributed by atoms with E-state index in [4.69, 9.17) is 14.0 Å². The fourth-order valence-corrected chi connectivity index (χ4v) is 3.03. The van der Waals surface area contributed by atoms with Gasteiger partial charge in [0.25, 0.3) is 0 Å². The molecule has 2 aromatic carbocycles. The number of hydrogen-bond donors (Lipinski definition) is 2. The number of nitrogens with zero attached hydrogens (tertiary/aromatic N) is 1. The van der Waals surface area contributed by atoms with Crippen LogP contribution in [-0.4, -0.2) is 28.3 Å². The molecule has 3 aromatic rings. The van der Waals surface area contributed by atoms with Crippen LogP contribution in [0, 0.1) is 13.8 Å². The van der Waals surface area contributed by atoms with Gasteiger partial charge in [-0.1, -0.05) is 5.16 Å². The summed E-state index contributed by atoms with van der Waals surface area (Å²) in [4.78, 5) is 24.7. The lowest BCUT2D eigenvalue weighted by molar-refractivity contribution is -0.121. The Morgan fingerprint density at radius 2 is 1.66 bits per heavy atom. The minimum absolute atomic E-state index is 0.377. The number of carbonyl (C=O) groups is 2. The van der Waals surface area contributed by atoms with Gasteiger partial charge in [-0.2, -0.15) is 0 Å². The van der Waals surface area contributed by atoms with Gasteiger partial charge in [0.15, 0.2) is 5.58 Å². The minimum atomic E-state index is -1.17. The van der Waals surface area contributed by atoms with Crippen LogP contribution in [0.15, 0.2) is 40.9 Å². The summed E-state index contributed by atoms with van der Waals surface area (Å²) in [5.74, 6) is 0.873. The molecule has 2 amide bonds. The average molecular weight is 440 g/mol. The summed E-state index contributed by atoms with van der Waals surface area (Å²) in [5.41, 5.74) is 1.15. The molecule has 32 heavy (non-hydrogen) atoms. The molecular formula is C24H29N3O5. The maximum absolute atomic E-state index is 12.7. The molecule has 0 aliphatic rings. The molecule has 0 bridgehead atoms. The zero-order valence-electron chi connectivity index (χ0n) is 19.5. The van der Waals surface area contributed by atoms with Crippen molar-refractivity contribution in [3.05, 3.63) is 47.7 Å². The van der Waals surface area contributed by atoms with Crippen molar-refractivity contribution in [2.45, 2.75) is 59.6 Å². The summed E-state index contributed by atoms with van der Waals surface area (Å²) < 4.78 is 16.6. The van der Waals surface area contributed by atoms with Crippen molar-refractivity contribution in [2.75, 3.05) is 5.32 Å². The molecule has 3 rings (SSSR count). The minimum Gasteiger partial charge on any atom is -0.457 e. The smallest absolute Gasteiger partial charge is 0.408 e. The summed E-state index contributed by atoms with van der Waals surface area (Å²) in [5, 5.41) is 10.2. The molecule has 0 radical (unpaired) electrons. The Morgan fingerprint density at radius 1 is 1.00 bits per heavy atom. The average Bonchev–Trinajstić information content (AvgIpc) is 3.02. The van der Waals surface area contributed by atoms with E-state index in [1.807, 2.05) is 26.0 Å². The Kier molecular flexibility index (Phi) is 6.16. The van der Waals surface area contributed by atoms with Crippen LogP contribution < -0.4 is 15.4 Å². The molecule has 0 unspecified atom stereocenters. The van der Waals surface area contributed by atoms with Gasteiger partial charge in [-0.05, 0) is 90.4 Å². The number of fused-ring (bicyclic) bond motifs is 1. The molecule has 8 heteroatoms. The van der Waals surface area contributed by atoms with Crippen molar-refractivity contribution in [2.24, 2.45) is 0 Å². The van der Waals surface area contributed by atoms with Crippen LogP contribution in [0.1, 0.15) is 45.9 Å². The van der Waals surface area contributed by atoms with Crippen LogP contribution in [0.25, 0.3) is 11.0 Å². The molecule has 0 aliphatic carbocycles. The largest absolute Gasteiger partial charge is 0.457 e. The number of alkyl carbamates (subject to hydrolysis) is 1. The van der Waals surface area contributed by atoms with Crippen LogP contribution in [0.2, 0.25) is 0 Å². The standard InChI is InChI=1S/C24H29N3O5/c1-14-12-18(20-15(2)27-32-19(20)13-14)30-17-10-8-16(9-11-17)25-21(28)24(6,7)26-22(29)31-23(3,4)5/h8-13H,1-7H3,(H,25,28)(H,26,29). The number of carbonyl (C=O) groups excluding carboxylic acids is 2. The first-order valence-electron chi connectivity index (χ1n) is 10.3. The van der Waals surface area contributed by atoms with E-state index in [1.54, 1.807) is 58.9 Å². The number of benzene rings is 2. The van der Waals surface area contributed by atoms with Crippen molar-refractivity contribution >= 4 is 28.7 Å². The number of nitrogens with one attached hydrogen (secondary N) is 2. The van der Waals surface area contributed by atoms with Gasteiger partial charge in [0.05, 0.1) is 11.1 Å². The Balaban J connectivity index is 1.68. The van der Waals surface area contributed by atoms with Crippen LogP contribution in [-0.2, 0) is 9.53 Å². The van der Waals surface area contributed by atoms with Gasteiger partial charge in [-0.15, -0.1) is 0 Å². The van der Waals surface area contributed by atoms with E-state index >= 15 is 0 Å². The summed E-state index contributed by atoms with van der Waals surface area (Å²) in [6.45, 7) is 12.3. The van der Waals surface area contributed by atoms with Crippen LogP contribution in [0.3, 0.4) is 0 Å². The van der Waals surface area contributed by atoms with Gasteiger partial charge in [-0.3, -0.25) is 4.79 Å². The lowest BCUT2D eigenvalue weighted by Gasteiger charge is -2.27. The number of rotatable bonds is 5. The molecular weight excluding hydrogens is 410 g/mol. The highest BCUT2D eigenvalue weighted by molar-refractivity contribution is 5.99. The quantitative estimate of drug-likeness (QED) is 0.546. The monoisotopic (exact) mass is 439 g/mol. The third kappa shape index (κ3) is 5.57. The molecule has 2 N–H and O–H groups in total. The number of hydrogen-bond acceptors (Lipinski definition) is 6. The maximum atomic E-state index is 12.7. The maximum Gasteiger partial charge on any atom is 0.408 e. The van der Waals surface area contributed by atoms with Gasteiger partial charge in [-0.25, -0.2) is 4.79 Å². The van der Waals surface area contributed by atoms with Gasteiger partial charge in [0.2, 0.25) is 5.91 Å². The predicted molar refractivity (Wildman–Crippen MR) is 122 cm³/mol. The highest BCUT2D eigenvalue weighted by Gasteiger charge is 2.31. The first-order valence-corrected chi connectivity index (χ1v) is 10.3. The number of aromatic nitrogens is 1. The number of aryl methyl sites for hydroxylation is 2. The van der Waals surface area contributed by atoms with E-state index in [2.05, 4.69) is 15.8 Å². The number of amides is 2. The predicted octanol–water partition coefficient (Wildman–Crippen LogP) is 5.48. The van der Waals surface area contributed by atoms with E-state index in [0.29, 0.717) is 22.8 Å². The number of ether oxygens (including phenoxy) is 2. The second-order valence-electron chi connectivity index (χ2n) is 9.24. The van der Waals surface area contributed by atoms with E-state index < -0.39 is 17.2 Å². The summed E-state index contributed by atoms with van der Waals surface area (Å²) >= 11 is 0. The van der Waals surface area contributed by atoms with E-state index in [1.165, 1.54) is 0 Å². The highest BCUT2D eigenvalue weighted by Crippen LogP contribution is 2.34. The molecule has 0 spiro atoms. The van der Waals surface area contributed by atoms with E-state index in [0.717, 1.165) is 16.6 Å². The van der Waals surface area contributed by atoms with Crippen molar-refractivity contribution in [1.29, 1.82) is 0 Å². The first-order chi connectivity index (χ1) is 14.8. The van der Waals surface area contributed by atoms with Gasteiger partial charge >= 0.3 is 6.09 Å². The second kappa shape index (κ2) is 8.53. The fourth-order valence-electron chi connectivity index (χ4n) is 3.03. The SMILES string of the molecule is Cc1cc(Oc2ccc(NC(=O)C(C)(C)NC(=O)OC(C)(C)C)cc2)c2c(C)noc2c1. The summed E-state index contributed by atoms with van der Waals surface area (Å²) in [6.07, 6.45) is -0.658. The Morgan fingerprint density at radius 3 is 2.28 bits per heavy atom. The molecule has 170 valence electrons. The van der Waals surface area contributed by atoms with Gasteiger partial charge in [0, 0.05) is 5.69 Å². The lowest BCUT2D eigenvalue weighted by atomic mass is 10.0. The number of anilines is 1. The van der Waals surface area contributed by atoms with Crippen LogP contribution in [0.4, 0.5) is 10.5 Å². The third-order valence-corrected chi connectivity index (χ3v) is 4.57. The Hall–Kier alpha value is -3.55. The van der Waals surface area contributed by atoms with Gasteiger partial charge in [0.1, 0.15) is 22.6 Å². The Bertz CT molecular complexity index is 1140. The fraction of sp³-hybridized carbons (Fsp3) is 0.375. The van der Waals surface area contributed by atoms with E-state index in [9.17, 15) is 9.59 Å². The molecule has 1 heterocycles. The zero-order valence-corrected chi connectivity index (χ0v) is 19.5. The van der Waals surface area contributed by atoms with Crippen molar-refractivity contribution < 1.29 is 23.6 Å². The molecule has 0 aliphatic heterocycles. The summed E-state index contributed by atoms with van der Waals surface area (Å²) in [6, 6.07) is 10.8. The second-order valence-corrected chi connectivity index (χ2v) is 9.24. The third-order valence-electron chi connectivity index (χ3n) is 4.57. The van der Waals surface area contributed by atoms with Crippen molar-refractivity contribution in [3.63, 3.8) is 0 Å². The molecule has 1 aromatic heterocycles.